The first-order valence-electron chi connectivity index (χ1n) is 5.94. The average molecular weight is 270 g/mol. The number of carbonyl (C=O) groups is 1. The first kappa shape index (κ1) is 13.1. The third kappa shape index (κ3) is 2.90. The highest BCUT2D eigenvalue weighted by Gasteiger charge is 2.27. The van der Waals surface area contributed by atoms with Gasteiger partial charge in [-0.3, -0.25) is 4.79 Å². The summed E-state index contributed by atoms with van der Waals surface area (Å²) in [4.78, 5) is 21.9. The Morgan fingerprint density at radius 2 is 2.33 bits per heavy atom. The lowest BCUT2D eigenvalue weighted by Gasteiger charge is -2.32. The fourth-order valence-electron chi connectivity index (χ4n) is 2.22. The van der Waals surface area contributed by atoms with Gasteiger partial charge in [-0.05, 0) is 31.4 Å². The van der Waals surface area contributed by atoms with Crippen molar-refractivity contribution < 1.29 is 9.53 Å². The van der Waals surface area contributed by atoms with Crippen molar-refractivity contribution in [2.24, 2.45) is 5.92 Å². The van der Waals surface area contributed by atoms with Gasteiger partial charge in [-0.25, -0.2) is 9.97 Å². The number of anilines is 1. The summed E-state index contributed by atoms with van der Waals surface area (Å²) in [6.07, 6.45) is 1.81. The lowest BCUT2D eigenvalue weighted by atomic mass is 9.98. The van der Waals surface area contributed by atoms with E-state index in [0.29, 0.717) is 6.54 Å². The van der Waals surface area contributed by atoms with Gasteiger partial charge in [-0.2, -0.15) is 0 Å². The number of rotatable bonds is 2. The summed E-state index contributed by atoms with van der Waals surface area (Å²) in [6.45, 7) is 3.37. The molecule has 1 aliphatic heterocycles. The Bertz CT molecular complexity index is 433. The number of carbonyl (C=O) groups excluding carboxylic acids is 1. The van der Waals surface area contributed by atoms with Crippen LogP contribution >= 0.6 is 11.6 Å². The van der Waals surface area contributed by atoms with E-state index in [9.17, 15) is 4.79 Å². The number of nitrogens with zero attached hydrogens (tertiary/aromatic N) is 3. The number of aryl methyl sites for hydroxylation is 1. The maximum absolute atomic E-state index is 11.6. The van der Waals surface area contributed by atoms with Crippen molar-refractivity contribution in [2.45, 2.75) is 19.8 Å². The van der Waals surface area contributed by atoms with Crippen LogP contribution in [0.4, 0.5) is 5.82 Å². The van der Waals surface area contributed by atoms with E-state index in [4.69, 9.17) is 16.3 Å². The van der Waals surface area contributed by atoms with E-state index in [1.54, 1.807) is 0 Å². The quantitative estimate of drug-likeness (QED) is 0.606. The summed E-state index contributed by atoms with van der Waals surface area (Å²) in [5, 5.41) is 0.241. The van der Waals surface area contributed by atoms with Crippen LogP contribution < -0.4 is 4.90 Å². The number of ether oxygens (including phenoxy) is 1. The SMILES string of the molecule is COC(=O)C1CCCN(c2cc(C)nc(Cl)n2)C1. The van der Waals surface area contributed by atoms with Gasteiger partial charge in [0.2, 0.25) is 5.28 Å². The van der Waals surface area contributed by atoms with Gasteiger partial charge in [-0.1, -0.05) is 0 Å². The average Bonchev–Trinajstić information content (AvgIpc) is 2.37. The number of piperidine rings is 1. The van der Waals surface area contributed by atoms with Gasteiger partial charge < -0.3 is 9.64 Å². The molecule has 0 N–H and O–H groups in total. The van der Waals surface area contributed by atoms with Crippen molar-refractivity contribution in [2.75, 3.05) is 25.1 Å². The summed E-state index contributed by atoms with van der Waals surface area (Å²) < 4.78 is 4.80. The van der Waals surface area contributed by atoms with Crippen LogP contribution in [0.3, 0.4) is 0 Å². The summed E-state index contributed by atoms with van der Waals surface area (Å²) >= 11 is 5.86. The molecule has 6 heteroatoms. The van der Waals surface area contributed by atoms with E-state index in [-0.39, 0.29) is 17.2 Å². The minimum absolute atomic E-state index is 0.0854. The minimum atomic E-state index is -0.156. The first-order valence-corrected chi connectivity index (χ1v) is 6.32. The zero-order valence-electron chi connectivity index (χ0n) is 10.5. The molecule has 98 valence electrons. The molecule has 2 rings (SSSR count). The molecule has 0 spiro atoms. The highest BCUT2D eigenvalue weighted by atomic mass is 35.5. The predicted molar refractivity (Wildman–Crippen MR) is 68.7 cm³/mol. The van der Waals surface area contributed by atoms with Crippen molar-refractivity contribution >= 4 is 23.4 Å². The van der Waals surface area contributed by atoms with Crippen LogP contribution in [0, 0.1) is 12.8 Å². The molecule has 1 aliphatic rings. The van der Waals surface area contributed by atoms with Crippen LogP contribution in [0.2, 0.25) is 5.28 Å². The maximum Gasteiger partial charge on any atom is 0.310 e. The van der Waals surface area contributed by atoms with Gasteiger partial charge in [0.1, 0.15) is 5.82 Å². The molecular weight excluding hydrogens is 254 g/mol. The fraction of sp³-hybridized carbons (Fsp3) is 0.583. The predicted octanol–water partition coefficient (Wildman–Crippen LogP) is 1.83. The summed E-state index contributed by atoms with van der Waals surface area (Å²) in [6, 6.07) is 1.88. The fourth-order valence-corrected chi connectivity index (χ4v) is 2.44. The van der Waals surface area contributed by atoms with Crippen molar-refractivity contribution in [3.8, 4) is 0 Å². The molecule has 0 amide bonds. The van der Waals surface area contributed by atoms with Gasteiger partial charge in [0.15, 0.2) is 0 Å². The normalized spacial score (nSPS) is 19.7. The number of methoxy groups -OCH3 is 1. The largest absolute Gasteiger partial charge is 0.469 e. The third-order valence-corrected chi connectivity index (χ3v) is 3.26. The Morgan fingerprint density at radius 3 is 3.00 bits per heavy atom. The van der Waals surface area contributed by atoms with Crippen LogP contribution in [-0.2, 0) is 9.53 Å². The molecule has 0 bridgehead atoms. The lowest BCUT2D eigenvalue weighted by molar-refractivity contribution is -0.145. The van der Waals surface area contributed by atoms with Crippen molar-refractivity contribution in [3.63, 3.8) is 0 Å². The Morgan fingerprint density at radius 1 is 1.56 bits per heavy atom. The monoisotopic (exact) mass is 269 g/mol. The number of hydrogen-bond donors (Lipinski definition) is 0. The molecule has 0 radical (unpaired) electrons. The van der Waals surface area contributed by atoms with E-state index in [0.717, 1.165) is 30.9 Å². The Kier molecular flexibility index (Phi) is 4.01. The molecule has 0 aliphatic carbocycles. The number of hydrogen-bond acceptors (Lipinski definition) is 5. The number of esters is 1. The number of halogens is 1. The Labute approximate surface area is 111 Å². The first-order chi connectivity index (χ1) is 8.60. The van der Waals surface area contributed by atoms with Crippen molar-refractivity contribution in [1.29, 1.82) is 0 Å². The van der Waals surface area contributed by atoms with E-state index in [2.05, 4.69) is 14.9 Å². The smallest absolute Gasteiger partial charge is 0.310 e. The second kappa shape index (κ2) is 5.52. The Hall–Kier alpha value is -1.36. The second-order valence-corrected chi connectivity index (χ2v) is 4.78. The van der Waals surface area contributed by atoms with E-state index in [1.807, 2.05) is 13.0 Å². The van der Waals surface area contributed by atoms with Gasteiger partial charge >= 0.3 is 5.97 Å². The summed E-state index contributed by atoms with van der Waals surface area (Å²) in [5.74, 6) is 0.537. The summed E-state index contributed by atoms with van der Waals surface area (Å²) in [7, 11) is 1.42. The zero-order chi connectivity index (χ0) is 13.1. The molecule has 18 heavy (non-hydrogen) atoms. The van der Waals surface area contributed by atoms with Gasteiger partial charge in [0.05, 0.1) is 13.0 Å². The zero-order valence-corrected chi connectivity index (χ0v) is 11.3. The van der Waals surface area contributed by atoms with E-state index >= 15 is 0 Å². The van der Waals surface area contributed by atoms with Crippen molar-refractivity contribution in [1.82, 2.24) is 9.97 Å². The van der Waals surface area contributed by atoms with Gasteiger partial charge in [0, 0.05) is 24.8 Å². The Balaban J connectivity index is 2.15. The van der Waals surface area contributed by atoms with Crippen LogP contribution in [0.1, 0.15) is 18.5 Å². The highest BCUT2D eigenvalue weighted by Crippen LogP contribution is 2.23. The maximum atomic E-state index is 11.6. The molecular formula is C12H16ClN3O2. The van der Waals surface area contributed by atoms with Crippen LogP contribution in [0.15, 0.2) is 6.07 Å². The van der Waals surface area contributed by atoms with E-state index < -0.39 is 0 Å². The molecule has 0 saturated carbocycles. The third-order valence-electron chi connectivity index (χ3n) is 3.09. The molecule has 1 atom stereocenters. The van der Waals surface area contributed by atoms with Crippen LogP contribution in [-0.4, -0.2) is 36.1 Å². The van der Waals surface area contributed by atoms with Gasteiger partial charge in [0.25, 0.3) is 0 Å². The molecule has 1 unspecified atom stereocenters. The molecule has 2 heterocycles. The topological polar surface area (TPSA) is 55.3 Å². The summed E-state index contributed by atoms with van der Waals surface area (Å²) in [5.41, 5.74) is 0.824. The van der Waals surface area contributed by atoms with Crippen LogP contribution in [0.25, 0.3) is 0 Å². The lowest BCUT2D eigenvalue weighted by Crippen LogP contribution is -2.39. The van der Waals surface area contributed by atoms with E-state index in [1.165, 1.54) is 7.11 Å². The highest BCUT2D eigenvalue weighted by molar-refractivity contribution is 6.28. The standard InChI is InChI=1S/C12H16ClN3O2/c1-8-6-10(15-12(13)14-8)16-5-3-4-9(7-16)11(17)18-2/h6,9H,3-5,7H2,1-2H3. The van der Waals surface area contributed by atoms with Gasteiger partial charge in [-0.15, -0.1) is 0 Å². The molecule has 1 saturated heterocycles. The molecule has 0 aromatic carbocycles. The van der Waals surface area contributed by atoms with Crippen molar-refractivity contribution in [3.05, 3.63) is 17.0 Å². The second-order valence-electron chi connectivity index (χ2n) is 4.44. The van der Waals surface area contributed by atoms with Crippen LogP contribution in [0.5, 0.6) is 0 Å². The minimum Gasteiger partial charge on any atom is -0.469 e. The molecule has 5 nitrogen and oxygen atoms in total. The molecule has 1 fully saturated rings. The number of aromatic nitrogens is 2. The molecule has 1 aromatic heterocycles. The molecule has 1 aromatic rings.